The lowest BCUT2D eigenvalue weighted by Crippen LogP contribution is -2.16. The number of ether oxygens (including phenoxy) is 1. The maximum Gasteiger partial charge on any atom is 0.0656 e. The van der Waals surface area contributed by atoms with Gasteiger partial charge in [0, 0.05) is 12.6 Å². The Morgan fingerprint density at radius 2 is 2.53 bits per heavy atom. The Bertz CT molecular complexity index is 336. The van der Waals surface area contributed by atoms with E-state index in [4.69, 9.17) is 4.74 Å². The summed E-state index contributed by atoms with van der Waals surface area (Å²) in [6, 6.07) is 2.80. The van der Waals surface area contributed by atoms with Gasteiger partial charge in [-0.1, -0.05) is 0 Å². The Morgan fingerprint density at radius 3 is 3.12 bits per heavy atom. The third kappa shape index (κ3) is 4.19. The molecule has 1 aromatic heterocycles. The predicted molar refractivity (Wildman–Crippen MR) is 81.7 cm³/mol. The van der Waals surface area contributed by atoms with E-state index >= 15 is 0 Å². The number of hydrogen-bond donors (Lipinski definition) is 1. The normalized spacial score (nSPS) is 21.9. The summed E-state index contributed by atoms with van der Waals surface area (Å²) in [6.45, 7) is 0.975. The molecule has 0 bridgehead atoms. The molecule has 4 heteroatoms. The molecule has 0 saturated carbocycles. The Labute approximate surface area is 121 Å². The molecule has 1 aliphatic heterocycles. The Morgan fingerprint density at radius 1 is 1.65 bits per heavy atom. The van der Waals surface area contributed by atoms with Crippen LogP contribution >= 0.6 is 33.9 Å². The Balaban J connectivity index is 1.75. The van der Waals surface area contributed by atoms with Gasteiger partial charge in [-0.15, -0.1) is 11.3 Å². The van der Waals surface area contributed by atoms with Crippen molar-refractivity contribution in [1.29, 1.82) is 0 Å². The van der Waals surface area contributed by atoms with E-state index in [2.05, 4.69) is 46.4 Å². The van der Waals surface area contributed by atoms with Gasteiger partial charge in [-0.3, -0.25) is 0 Å². The number of halogens is 1. The molecule has 2 rings (SSSR count). The summed E-state index contributed by atoms with van der Waals surface area (Å²) < 4.78 is 7.03. The zero-order valence-corrected chi connectivity index (χ0v) is 13.2. The highest BCUT2D eigenvalue weighted by Gasteiger charge is 2.16. The van der Waals surface area contributed by atoms with E-state index in [1.807, 2.05) is 11.3 Å². The minimum atomic E-state index is 0.510. The van der Waals surface area contributed by atoms with Crippen molar-refractivity contribution >= 4 is 33.9 Å². The monoisotopic (exact) mass is 365 g/mol. The third-order valence-corrected chi connectivity index (χ3v) is 5.19. The molecular weight excluding hydrogens is 345 g/mol. The second-order valence-electron chi connectivity index (χ2n) is 4.59. The van der Waals surface area contributed by atoms with Crippen LogP contribution in [0.15, 0.2) is 11.4 Å². The zero-order valence-electron chi connectivity index (χ0n) is 10.2. The first kappa shape index (κ1) is 13.8. The molecule has 0 aliphatic carbocycles. The minimum Gasteiger partial charge on any atom is -0.378 e. The number of rotatable bonds is 6. The van der Waals surface area contributed by atoms with E-state index in [0.717, 1.165) is 6.61 Å². The maximum atomic E-state index is 5.66. The smallest absolute Gasteiger partial charge is 0.0656 e. The summed E-state index contributed by atoms with van der Waals surface area (Å²) in [7, 11) is 2.06. The highest BCUT2D eigenvalue weighted by atomic mass is 127. The summed E-state index contributed by atoms with van der Waals surface area (Å²) >= 11 is 4.22. The fourth-order valence-electron chi connectivity index (χ4n) is 2.41. The van der Waals surface area contributed by atoms with E-state index in [1.54, 1.807) is 0 Å². The molecule has 0 aromatic carbocycles. The van der Waals surface area contributed by atoms with E-state index < -0.39 is 0 Å². The fraction of sp³-hybridized carbons (Fsp3) is 0.692. The van der Waals surface area contributed by atoms with Crippen molar-refractivity contribution < 1.29 is 4.74 Å². The van der Waals surface area contributed by atoms with Crippen molar-refractivity contribution in [3.05, 3.63) is 19.9 Å². The van der Waals surface area contributed by atoms with Crippen LogP contribution in [0.5, 0.6) is 0 Å². The Kier molecular flexibility index (Phi) is 5.72. The van der Waals surface area contributed by atoms with E-state index in [-0.39, 0.29) is 0 Å². The number of thiophene rings is 1. The summed E-state index contributed by atoms with van der Waals surface area (Å²) in [5, 5.41) is 5.69. The van der Waals surface area contributed by atoms with Crippen molar-refractivity contribution in [3.8, 4) is 0 Å². The van der Waals surface area contributed by atoms with Gasteiger partial charge in [-0.2, -0.15) is 0 Å². The van der Waals surface area contributed by atoms with Gasteiger partial charge < -0.3 is 10.1 Å². The number of hydrogen-bond acceptors (Lipinski definition) is 3. The molecule has 2 atom stereocenters. The van der Waals surface area contributed by atoms with Crippen LogP contribution in [0.4, 0.5) is 0 Å². The fourth-order valence-corrected chi connectivity index (χ4v) is 3.83. The molecule has 1 N–H and O–H groups in total. The first-order chi connectivity index (χ1) is 8.29. The molecular formula is C13H20INOS. The highest BCUT2D eigenvalue weighted by Crippen LogP contribution is 2.27. The van der Waals surface area contributed by atoms with Gasteiger partial charge in [0.1, 0.15) is 0 Å². The van der Waals surface area contributed by atoms with E-state index in [9.17, 15) is 0 Å². The first-order valence-electron chi connectivity index (χ1n) is 6.32. The molecule has 2 heterocycles. The highest BCUT2D eigenvalue weighted by molar-refractivity contribution is 14.1. The molecule has 1 aromatic rings. The molecule has 96 valence electrons. The molecule has 1 saturated heterocycles. The first-order valence-corrected chi connectivity index (χ1v) is 8.28. The van der Waals surface area contributed by atoms with Crippen molar-refractivity contribution in [2.45, 2.75) is 44.2 Å². The maximum absolute atomic E-state index is 5.66. The summed E-state index contributed by atoms with van der Waals surface area (Å²) in [4.78, 5) is 0. The molecule has 0 amide bonds. The second-order valence-corrected chi connectivity index (χ2v) is 7.40. The largest absolute Gasteiger partial charge is 0.378 e. The quantitative estimate of drug-likeness (QED) is 0.771. The van der Waals surface area contributed by atoms with Gasteiger partial charge in [0.25, 0.3) is 0 Å². The van der Waals surface area contributed by atoms with E-state index in [1.165, 1.54) is 40.6 Å². The summed E-state index contributed by atoms with van der Waals surface area (Å²) in [6.07, 6.45) is 6.74. The van der Waals surface area contributed by atoms with Crippen molar-refractivity contribution in [3.63, 3.8) is 0 Å². The minimum absolute atomic E-state index is 0.510. The summed E-state index contributed by atoms with van der Waals surface area (Å²) in [5.74, 6) is 0. The van der Waals surface area contributed by atoms with Crippen LogP contribution in [0.25, 0.3) is 0 Å². The SMILES string of the molecule is CNC(CCCC1CCCO1)c1csc(I)c1. The lowest BCUT2D eigenvalue weighted by Gasteiger charge is -2.16. The Hall–Kier alpha value is 0.350. The predicted octanol–water partition coefficient (Wildman–Crippen LogP) is 3.96. The van der Waals surface area contributed by atoms with Crippen molar-refractivity contribution in [2.75, 3.05) is 13.7 Å². The van der Waals surface area contributed by atoms with Gasteiger partial charge in [-0.05, 0) is 78.8 Å². The van der Waals surface area contributed by atoms with Crippen LogP contribution in [-0.2, 0) is 4.74 Å². The van der Waals surface area contributed by atoms with Crippen LogP contribution in [0.3, 0.4) is 0 Å². The number of nitrogens with one attached hydrogen (secondary N) is 1. The van der Waals surface area contributed by atoms with Gasteiger partial charge >= 0.3 is 0 Å². The van der Waals surface area contributed by atoms with Gasteiger partial charge in [0.2, 0.25) is 0 Å². The van der Waals surface area contributed by atoms with Crippen molar-refractivity contribution in [2.24, 2.45) is 0 Å². The zero-order chi connectivity index (χ0) is 12.1. The average molecular weight is 365 g/mol. The third-order valence-electron chi connectivity index (χ3n) is 3.38. The molecule has 1 aliphatic rings. The van der Waals surface area contributed by atoms with Crippen molar-refractivity contribution in [1.82, 2.24) is 5.32 Å². The van der Waals surface area contributed by atoms with Crippen LogP contribution in [-0.4, -0.2) is 19.8 Å². The molecule has 1 fully saturated rings. The van der Waals surface area contributed by atoms with Crippen LogP contribution in [0.1, 0.15) is 43.7 Å². The molecule has 17 heavy (non-hydrogen) atoms. The van der Waals surface area contributed by atoms with E-state index in [0.29, 0.717) is 12.1 Å². The lowest BCUT2D eigenvalue weighted by molar-refractivity contribution is 0.101. The lowest BCUT2D eigenvalue weighted by atomic mass is 10.0. The second kappa shape index (κ2) is 7.07. The standard InChI is InChI=1S/C13H20INOS/c1-15-12(10-8-13(14)17-9-10)6-2-4-11-5-3-7-16-11/h8-9,11-12,15H,2-7H2,1H3. The average Bonchev–Trinajstić information content (AvgIpc) is 2.96. The van der Waals surface area contributed by atoms with Crippen LogP contribution in [0.2, 0.25) is 0 Å². The van der Waals surface area contributed by atoms with Crippen LogP contribution in [0, 0.1) is 2.88 Å². The molecule has 2 unspecified atom stereocenters. The van der Waals surface area contributed by atoms with Gasteiger partial charge in [0.15, 0.2) is 0 Å². The van der Waals surface area contributed by atoms with Gasteiger partial charge in [0.05, 0.1) is 8.99 Å². The van der Waals surface area contributed by atoms with Crippen LogP contribution < -0.4 is 5.32 Å². The summed E-state index contributed by atoms with van der Waals surface area (Å²) in [5.41, 5.74) is 1.44. The molecule has 0 spiro atoms. The molecule has 2 nitrogen and oxygen atoms in total. The van der Waals surface area contributed by atoms with Gasteiger partial charge in [-0.25, -0.2) is 0 Å². The topological polar surface area (TPSA) is 21.3 Å². The molecule has 0 radical (unpaired) electrons.